The van der Waals surface area contributed by atoms with Gasteiger partial charge in [-0.25, -0.2) is 0 Å². The van der Waals surface area contributed by atoms with Gasteiger partial charge in [-0.1, -0.05) is 11.6 Å². The molecule has 0 aliphatic heterocycles. The summed E-state index contributed by atoms with van der Waals surface area (Å²) in [5, 5.41) is 27.4. The van der Waals surface area contributed by atoms with Crippen LogP contribution < -0.4 is 0 Å². The van der Waals surface area contributed by atoms with E-state index in [0.29, 0.717) is 12.8 Å². The number of rotatable bonds is 5. The molecule has 0 spiro atoms. The van der Waals surface area contributed by atoms with Gasteiger partial charge in [0.2, 0.25) is 0 Å². The SMILES string of the molecule is CC(=CCO)CCC(O)C(C)(C)O. The summed E-state index contributed by atoms with van der Waals surface area (Å²) in [6, 6.07) is 0. The van der Waals surface area contributed by atoms with Crippen LogP contribution in [0.2, 0.25) is 0 Å². The Labute approximate surface area is 79.7 Å². The first-order valence-electron chi connectivity index (χ1n) is 4.55. The summed E-state index contributed by atoms with van der Waals surface area (Å²) in [7, 11) is 0. The second-order valence-corrected chi connectivity index (χ2v) is 3.94. The molecule has 3 heteroatoms. The number of aliphatic hydroxyl groups is 3. The average Bonchev–Trinajstić information content (AvgIpc) is 1.99. The zero-order valence-electron chi connectivity index (χ0n) is 8.62. The fourth-order valence-electron chi connectivity index (χ4n) is 0.976. The highest BCUT2D eigenvalue weighted by molar-refractivity contribution is 4.98. The van der Waals surface area contributed by atoms with Gasteiger partial charge in [-0.3, -0.25) is 0 Å². The van der Waals surface area contributed by atoms with E-state index >= 15 is 0 Å². The first-order valence-corrected chi connectivity index (χ1v) is 4.55. The van der Waals surface area contributed by atoms with E-state index < -0.39 is 11.7 Å². The van der Waals surface area contributed by atoms with Gasteiger partial charge in [0.15, 0.2) is 0 Å². The fourth-order valence-corrected chi connectivity index (χ4v) is 0.976. The molecule has 0 radical (unpaired) electrons. The van der Waals surface area contributed by atoms with Gasteiger partial charge in [0.05, 0.1) is 18.3 Å². The second kappa shape index (κ2) is 5.37. The molecule has 0 aromatic carbocycles. The first-order chi connectivity index (χ1) is 5.88. The van der Waals surface area contributed by atoms with Gasteiger partial charge < -0.3 is 15.3 Å². The largest absolute Gasteiger partial charge is 0.392 e. The van der Waals surface area contributed by atoms with Crippen LogP contribution in [0.25, 0.3) is 0 Å². The van der Waals surface area contributed by atoms with Crippen molar-refractivity contribution in [1.82, 2.24) is 0 Å². The summed E-state index contributed by atoms with van der Waals surface area (Å²) in [6.07, 6.45) is 2.21. The third kappa shape index (κ3) is 5.80. The molecule has 0 bridgehead atoms. The molecule has 3 N–H and O–H groups in total. The van der Waals surface area contributed by atoms with Gasteiger partial charge in [0, 0.05) is 0 Å². The molecule has 3 nitrogen and oxygen atoms in total. The minimum atomic E-state index is -1.04. The third-order valence-corrected chi connectivity index (χ3v) is 2.07. The van der Waals surface area contributed by atoms with Crippen molar-refractivity contribution in [2.75, 3.05) is 6.61 Å². The summed E-state index contributed by atoms with van der Waals surface area (Å²) >= 11 is 0. The van der Waals surface area contributed by atoms with Crippen molar-refractivity contribution in [2.24, 2.45) is 0 Å². The van der Waals surface area contributed by atoms with Crippen molar-refractivity contribution < 1.29 is 15.3 Å². The number of hydrogen-bond donors (Lipinski definition) is 3. The van der Waals surface area contributed by atoms with Gasteiger partial charge in [0.1, 0.15) is 0 Å². The van der Waals surface area contributed by atoms with E-state index in [0.717, 1.165) is 5.57 Å². The van der Waals surface area contributed by atoms with Gasteiger partial charge >= 0.3 is 0 Å². The average molecular weight is 188 g/mol. The maximum absolute atomic E-state index is 9.46. The highest BCUT2D eigenvalue weighted by Crippen LogP contribution is 2.16. The molecule has 1 atom stereocenters. The Morgan fingerprint density at radius 1 is 1.46 bits per heavy atom. The number of allylic oxidation sites excluding steroid dienone is 1. The summed E-state index contributed by atoms with van der Waals surface area (Å²) in [5.74, 6) is 0. The van der Waals surface area contributed by atoms with E-state index in [9.17, 15) is 10.2 Å². The Balaban J connectivity index is 3.83. The van der Waals surface area contributed by atoms with E-state index in [-0.39, 0.29) is 6.61 Å². The highest BCUT2D eigenvalue weighted by Gasteiger charge is 2.23. The van der Waals surface area contributed by atoms with Crippen LogP contribution in [0, 0.1) is 0 Å². The molecule has 0 fully saturated rings. The zero-order valence-corrected chi connectivity index (χ0v) is 8.62. The van der Waals surface area contributed by atoms with E-state index in [1.54, 1.807) is 19.9 Å². The lowest BCUT2D eigenvalue weighted by molar-refractivity contribution is -0.0509. The molecular weight excluding hydrogens is 168 g/mol. The van der Waals surface area contributed by atoms with Crippen LogP contribution in [0.15, 0.2) is 11.6 Å². The number of hydrogen-bond acceptors (Lipinski definition) is 3. The predicted octanol–water partition coefficient (Wildman–Crippen LogP) is 0.837. The van der Waals surface area contributed by atoms with E-state index in [1.807, 2.05) is 6.92 Å². The lowest BCUT2D eigenvalue weighted by atomic mass is 9.96. The van der Waals surface area contributed by atoms with Crippen molar-refractivity contribution in [3.05, 3.63) is 11.6 Å². The van der Waals surface area contributed by atoms with Gasteiger partial charge in [-0.05, 0) is 33.6 Å². The molecule has 1 unspecified atom stereocenters. The smallest absolute Gasteiger partial charge is 0.0849 e. The molecule has 13 heavy (non-hydrogen) atoms. The van der Waals surface area contributed by atoms with Crippen molar-refractivity contribution in [2.45, 2.75) is 45.3 Å². The maximum Gasteiger partial charge on any atom is 0.0849 e. The Morgan fingerprint density at radius 2 is 2.00 bits per heavy atom. The standard InChI is InChI=1S/C10H20O3/c1-8(6-7-11)4-5-9(12)10(2,3)13/h6,9,11-13H,4-5,7H2,1-3H3. The topological polar surface area (TPSA) is 60.7 Å². The van der Waals surface area contributed by atoms with Gasteiger partial charge in [-0.15, -0.1) is 0 Å². The van der Waals surface area contributed by atoms with Crippen LogP contribution in [0.3, 0.4) is 0 Å². The molecule has 0 aromatic heterocycles. The molecule has 0 heterocycles. The maximum atomic E-state index is 9.46. The second-order valence-electron chi connectivity index (χ2n) is 3.94. The monoisotopic (exact) mass is 188 g/mol. The molecule has 78 valence electrons. The van der Waals surface area contributed by atoms with Crippen molar-refractivity contribution in [3.8, 4) is 0 Å². The van der Waals surface area contributed by atoms with Crippen LogP contribution in [-0.2, 0) is 0 Å². The molecule has 0 rings (SSSR count). The van der Waals surface area contributed by atoms with Crippen LogP contribution in [0.4, 0.5) is 0 Å². The Kier molecular flexibility index (Phi) is 5.21. The number of aliphatic hydroxyl groups excluding tert-OH is 2. The van der Waals surface area contributed by atoms with E-state index in [4.69, 9.17) is 5.11 Å². The summed E-state index contributed by atoms with van der Waals surface area (Å²) in [6.45, 7) is 5.10. The lowest BCUT2D eigenvalue weighted by Crippen LogP contribution is -2.35. The summed E-state index contributed by atoms with van der Waals surface area (Å²) < 4.78 is 0. The van der Waals surface area contributed by atoms with Gasteiger partial charge in [-0.2, -0.15) is 0 Å². The Bertz CT molecular complexity index is 167. The zero-order chi connectivity index (χ0) is 10.5. The molecule has 0 amide bonds. The minimum Gasteiger partial charge on any atom is -0.392 e. The van der Waals surface area contributed by atoms with Gasteiger partial charge in [0.25, 0.3) is 0 Å². The molecule has 0 saturated heterocycles. The Hall–Kier alpha value is -0.380. The summed E-state index contributed by atoms with van der Waals surface area (Å²) in [5.41, 5.74) is -0.00902. The third-order valence-electron chi connectivity index (χ3n) is 2.07. The Morgan fingerprint density at radius 3 is 2.38 bits per heavy atom. The van der Waals surface area contributed by atoms with Crippen LogP contribution in [-0.4, -0.2) is 33.6 Å². The first kappa shape index (κ1) is 12.6. The lowest BCUT2D eigenvalue weighted by Gasteiger charge is -2.24. The van der Waals surface area contributed by atoms with Crippen molar-refractivity contribution >= 4 is 0 Å². The van der Waals surface area contributed by atoms with Crippen LogP contribution >= 0.6 is 0 Å². The molecular formula is C10H20O3. The van der Waals surface area contributed by atoms with Crippen LogP contribution in [0.5, 0.6) is 0 Å². The predicted molar refractivity (Wildman–Crippen MR) is 52.4 cm³/mol. The van der Waals surface area contributed by atoms with Crippen LogP contribution in [0.1, 0.15) is 33.6 Å². The van der Waals surface area contributed by atoms with Crippen molar-refractivity contribution in [3.63, 3.8) is 0 Å². The molecule has 0 aromatic rings. The summed E-state index contributed by atoms with van der Waals surface area (Å²) in [4.78, 5) is 0. The minimum absolute atomic E-state index is 0.0322. The molecule has 0 saturated carbocycles. The normalized spacial score (nSPS) is 16.0. The molecule has 0 aliphatic rings. The molecule has 0 aliphatic carbocycles. The highest BCUT2D eigenvalue weighted by atomic mass is 16.3. The van der Waals surface area contributed by atoms with E-state index in [1.165, 1.54) is 0 Å². The van der Waals surface area contributed by atoms with Crippen molar-refractivity contribution in [1.29, 1.82) is 0 Å². The van der Waals surface area contributed by atoms with E-state index in [2.05, 4.69) is 0 Å². The quantitative estimate of drug-likeness (QED) is 0.560. The fraction of sp³-hybridized carbons (Fsp3) is 0.800.